The molecule has 2 N–H and O–H groups in total. The molecule has 0 aromatic heterocycles. The smallest absolute Gasteiger partial charge is 0.339 e. The van der Waals surface area contributed by atoms with E-state index in [4.69, 9.17) is 9.47 Å². The van der Waals surface area contributed by atoms with Gasteiger partial charge >= 0.3 is 5.97 Å². The molecule has 1 atom stereocenters. The lowest BCUT2D eigenvalue weighted by Crippen LogP contribution is -2.42. The van der Waals surface area contributed by atoms with Crippen LogP contribution in [0.1, 0.15) is 30.1 Å². The van der Waals surface area contributed by atoms with Gasteiger partial charge in [0.1, 0.15) is 0 Å². The Kier molecular flexibility index (Phi) is 7.07. The van der Waals surface area contributed by atoms with Crippen molar-refractivity contribution in [2.45, 2.75) is 30.8 Å². The van der Waals surface area contributed by atoms with Crippen molar-refractivity contribution in [2.75, 3.05) is 19.0 Å². The fourth-order valence-electron chi connectivity index (χ4n) is 2.12. The van der Waals surface area contributed by atoms with Gasteiger partial charge in [-0.3, -0.25) is 20.4 Å². The minimum atomic E-state index is -0.608. The van der Waals surface area contributed by atoms with Crippen LogP contribution in [0.15, 0.2) is 29.2 Å². The summed E-state index contributed by atoms with van der Waals surface area (Å²) in [6, 6.07) is 7.09. The SMILES string of the molecule is CC(=O)NNC(=O)COC(=O)c1ccccc1SC[C@H]1CCCO1. The van der Waals surface area contributed by atoms with Crippen LogP contribution in [-0.4, -0.2) is 42.9 Å². The quantitative estimate of drug-likeness (QED) is 0.455. The van der Waals surface area contributed by atoms with E-state index in [9.17, 15) is 14.4 Å². The van der Waals surface area contributed by atoms with Crippen molar-refractivity contribution in [1.29, 1.82) is 0 Å². The summed E-state index contributed by atoms with van der Waals surface area (Å²) < 4.78 is 10.6. The second-order valence-corrected chi connectivity index (χ2v) is 6.31. The van der Waals surface area contributed by atoms with E-state index in [0.29, 0.717) is 5.56 Å². The summed E-state index contributed by atoms with van der Waals surface area (Å²) in [4.78, 5) is 35.1. The minimum Gasteiger partial charge on any atom is -0.452 e. The first-order valence-corrected chi connectivity index (χ1v) is 8.61. The van der Waals surface area contributed by atoms with Gasteiger partial charge in [0, 0.05) is 24.2 Å². The molecule has 0 unspecified atom stereocenters. The highest BCUT2D eigenvalue weighted by molar-refractivity contribution is 7.99. The molecule has 2 amide bonds. The van der Waals surface area contributed by atoms with Gasteiger partial charge in [-0.2, -0.15) is 0 Å². The van der Waals surface area contributed by atoms with Gasteiger partial charge in [-0.05, 0) is 25.0 Å². The van der Waals surface area contributed by atoms with Crippen LogP contribution in [0, 0.1) is 0 Å². The molecule has 1 fully saturated rings. The molecule has 2 rings (SSSR count). The molecule has 24 heavy (non-hydrogen) atoms. The standard InChI is InChI=1S/C16H20N2O5S/c1-11(19)17-18-15(20)9-23-16(21)13-6-2-3-7-14(13)24-10-12-5-4-8-22-12/h2-3,6-7,12H,4-5,8-10H2,1H3,(H,17,19)(H,18,20)/t12-/m1/s1. The normalized spacial score (nSPS) is 16.5. The van der Waals surface area contributed by atoms with Gasteiger partial charge in [0.25, 0.3) is 5.91 Å². The number of hydrogen-bond acceptors (Lipinski definition) is 6. The van der Waals surface area contributed by atoms with Crippen LogP contribution in [0.3, 0.4) is 0 Å². The molecule has 1 aliphatic heterocycles. The highest BCUT2D eigenvalue weighted by Crippen LogP contribution is 2.27. The Balaban J connectivity index is 1.86. The monoisotopic (exact) mass is 352 g/mol. The first-order valence-electron chi connectivity index (χ1n) is 7.62. The minimum absolute atomic E-state index is 0.211. The first kappa shape index (κ1) is 18.3. The Morgan fingerprint density at radius 1 is 1.29 bits per heavy atom. The van der Waals surface area contributed by atoms with Crippen LogP contribution < -0.4 is 10.9 Å². The average Bonchev–Trinajstić information content (AvgIpc) is 3.09. The Labute approximate surface area is 144 Å². The van der Waals surface area contributed by atoms with Crippen LogP contribution in [0.4, 0.5) is 0 Å². The summed E-state index contributed by atoms with van der Waals surface area (Å²) in [5.41, 5.74) is 4.66. The molecule has 8 heteroatoms. The summed E-state index contributed by atoms with van der Waals surface area (Å²) in [6.45, 7) is 1.58. The van der Waals surface area contributed by atoms with Crippen molar-refractivity contribution in [3.05, 3.63) is 29.8 Å². The maximum absolute atomic E-state index is 12.2. The van der Waals surface area contributed by atoms with Gasteiger partial charge in [-0.15, -0.1) is 11.8 Å². The van der Waals surface area contributed by atoms with Gasteiger partial charge in [0.2, 0.25) is 5.91 Å². The van der Waals surface area contributed by atoms with Crippen molar-refractivity contribution >= 4 is 29.5 Å². The second kappa shape index (κ2) is 9.29. The molecule has 0 spiro atoms. The molecule has 1 aromatic rings. The summed E-state index contributed by atoms with van der Waals surface area (Å²) in [5.74, 6) is -0.829. The number of thioether (sulfide) groups is 1. The van der Waals surface area contributed by atoms with Gasteiger partial charge in [-0.1, -0.05) is 12.1 Å². The Morgan fingerprint density at radius 2 is 2.08 bits per heavy atom. The molecular weight excluding hydrogens is 332 g/mol. The Bertz CT molecular complexity index is 602. The fourth-order valence-corrected chi connectivity index (χ4v) is 3.23. The highest BCUT2D eigenvalue weighted by Gasteiger charge is 2.19. The van der Waals surface area contributed by atoms with Gasteiger partial charge < -0.3 is 9.47 Å². The van der Waals surface area contributed by atoms with E-state index in [1.165, 1.54) is 18.7 Å². The van der Waals surface area contributed by atoms with Gasteiger partial charge in [0.05, 0.1) is 11.7 Å². The average molecular weight is 352 g/mol. The second-order valence-electron chi connectivity index (χ2n) is 5.25. The molecule has 1 aromatic carbocycles. The summed E-state index contributed by atoms with van der Waals surface area (Å²) in [7, 11) is 0. The molecular formula is C16H20N2O5S. The van der Waals surface area contributed by atoms with E-state index < -0.39 is 24.4 Å². The number of amides is 2. The predicted octanol–water partition coefficient (Wildman–Crippen LogP) is 1.28. The third kappa shape index (κ3) is 5.86. The molecule has 0 bridgehead atoms. The molecule has 0 radical (unpaired) electrons. The van der Waals surface area contributed by atoms with E-state index in [1.807, 2.05) is 12.1 Å². The zero-order valence-electron chi connectivity index (χ0n) is 13.4. The summed E-state index contributed by atoms with van der Waals surface area (Å²) in [6.07, 6.45) is 2.31. The topological polar surface area (TPSA) is 93.7 Å². The number of nitrogens with one attached hydrogen (secondary N) is 2. The van der Waals surface area contributed by atoms with E-state index in [0.717, 1.165) is 30.1 Å². The number of carbonyl (C=O) groups is 3. The number of esters is 1. The number of hydrazine groups is 1. The van der Waals surface area contributed by atoms with Crippen LogP contribution in [0.2, 0.25) is 0 Å². The van der Waals surface area contributed by atoms with E-state index in [1.54, 1.807) is 12.1 Å². The van der Waals surface area contributed by atoms with Crippen LogP contribution >= 0.6 is 11.8 Å². The number of carbonyl (C=O) groups excluding carboxylic acids is 3. The molecule has 1 saturated heterocycles. The van der Waals surface area contributed by atoms with Crippen molar-refractivity contribution in [3.63, 3.8) is 0 Å². The number of benzene rings is 1. The van der Waals surface area contributed by atoms with Gasteiger partial charge in [0.15, 0.2) is 6.61 Å². The highest BCUT2D eigenvalue weighted by atomic mass is 32.2. The lowest BCUT2D eigenvalue weighted by molar-refractivity contribution is -0.129. The van der Waals surface area contributed by atoms with Crippen LogP contribution in [0.25, 0.3) is 0 Å². The molecule has 130 valence electrons. The Hall–Kier alpha value is -2.06. The van der Waals surface area contributed by atoms with Crippen LogP contribution in [0.5, 0.6) is 0 Å². The van der Waals surface area contributed by atoms with E-state index >= 15 is 0 Å². The maximum Gasteiger partial charge on any atom is 0.339 e. The summed E-state index contributed by atoms with van der Waals surface area (Å²) in [5, 5.41) is 0. The molecule has 0 saturated carbocycles. The molecule has 0 aliphatic carbocycles. The predicted molar refractivity (Wildman–Crippen MR) is 88.4 cm³/mol. The largest absolute Gasteiger partial charge is 0.452 e. The number of rotatable bonds is 6. The zero-order valence-corrected chi connectivity index (χ0v) is 14.2. The Morgan fingerprint density at radius 3 is 2.79 bits per heavy atom. The first-order chi connectivity index (χ1) is 11.6. The van der Waals surface area contributed by atoms with E-state index in [-0.39, 0.29) is 6.10 Å². The van der Waals surface area contributed by atoms with Crippen molar-refractivity contribution in [1.82, 2.24) is 10.9 Å². The fraction of sp³-hybridized carbons (Fsp3) is 0.438. The van der Waals surface area contributed by atoms with Crippen molar-refractivity contribution in [3.8, 4) is 0 Å². The lowest BCUT2D eigenvalue weighted by atomic mass is 10.2. The zero-order chi connectivity index (χ0) is 17.4. The molecule has 7 nitrogen and oxygen atoms in total. The lowest BCUT2D eigenvalue weighted by Gasteiger charge is -2.12. The molecule has 1 heterocycles. The maximum atomic E-state index is 12.2. The van der Waals surface area contributed by atoms with E-state index in [2.05, 4.69) is 10.9 Å². The third-order valence-electron chi connectivity index (χ3n) is 3.27. The van der Waals surface area contributed by atoms with Gasteiger partial charge in [-0.25, -0.2) is 4.79 Å². The number of hydrogen-bond donors (Lipinski definition) is 2. The van der Waals surface area contributed by atoms with Crippen molar-refractivity contribution < 1.29 is 23.9 Å². The number of ether oxygens (including phenoxy) is 2. The third-order valence-corrected chi connectivity index (χ3v) is 4.47. The van der Waals surface area contributed by atoms with Crippen LogP contribution in [-0.2, 0) is 19.1 Å². The molecule has 1 aliphatic rings. The summed E-state index contributed by atoms with van der Waals surface area (Å²) >= 11 is 1.54. The van der Waals surface area contributed by atoms with Crippen molar-refractivity contribution in [2.24, 2.45) is 0 Å².